The molecule has 0 aromatic heterocycles. The fraction of sp³-hybridized carbons (Fsp3) is 0.833. The van der Waals surface area contributed by atoms with Crippen LogP contribution in [0.15, 0.2) is 0 Å². The van der Waals surface area contributed by atoms with Gasteiger partial charge in [-0.1, -0.05) is 19.8 Å². The van der Waals surface area contributed by atoms with Gasteiger partial charge in [0.2, 0.25) is 0 Å². The van der Waals surface area contributed by atoms with E-state index in [-0.39, 0.29) is 49.6 Å². The molecule has 0 spiro atoms. The van der Waals surface area contributed by atoms with Crippen molar-refractivity contribution in [2.24, 2.45) is 0 Å². The molecule has 0 rings (SSSR count). The van der Waals surface area contributed by atoms with Gasteiger partial charge in [0, 0.05) is 0 Å². The number of hydrogen-bond donors (Lipinski definition) is 3. The lowest BCUT2D eigenvalue weighted by molar-refractivity contribution is -0.137. The van der Waals surface area contributed by atoms with Crippen molar-refractivity contribution in [1.82, 2.24) is 0 Å². The third kappa shape index (κ3) is 14.6. The minimum Gasteiger partial charge on any atom is -0.481 e. The SMILES string of the molecule is CCCCC(B(O)O)C(=O)O.Cl.Cl.Cl.Cl. The molecule has 0 saturated carbocycles. The van der Waals surface area contributed by atoms with Crippen LogP contribution in [0.3, 0.4) is 0 Å². The van der Waals surface area contributed by atoms with Crippen LogP contribution in [0.2, 0.25) is 5.82 Å². The molecule has 0 aliphatic rings. The first-order valence-corrected chi connectivity index (χ1v) is 3.68. The third-order valence-electron chi connectivity index (χ3n) is 1.55. The maximum absolute atomic E-state index is 10.3. The Bertz CT molecular complexity index is 138. The molecule has 0 aliphatic carbocycles. The molecule has 0 aliphatic heterocycles. The standard InChI is InChI=1S/C6H13BO4.4ClH/c1-2-3-4-5(6(8)9)7(10)11;;;;/h5,10-11H,2-4H2,1H3,(H,8,9);4*1H. The van der Waals surface area contributed by atoms with Crippen molar-refractivity contribution >= 4 is 62.7 Å². The van der Waals surface area contributed by atoms with E-state index in [0.717, 1.165) is 6.42 Å². The van der Waals surface area contributed by atoms with Gasteiger partial charge in [-0.2, -0.15) is 0 Å². The Labute approximate surface area is 115 Å². The highest BCUT2D eigenvalue weighted by molar-refractivity contribution is 6.48. The van der Waals surface area contributed by atoms with Crippen LogP contribution in [0.25, 0.3) is 0 Å². The van der Waals surface area contributed by atoms with E-state index in [0.29, 0.717) is 12.8 Å². The summed E-state index contributed by atoms with van der Waals surface area (Å²) in [5.41, 5.74) is 0. The van der Waals surface area contributed by atoms with Crippen LogP contribution in [-0.2, 0) is 4.79 Å². The monoisotopic (exact) mass is 304 g/mol. The summed E-state index contributed by atoms with van der Waals surface area (Å²) in [6, 6.07) is 0. The summed E-state index contributed by atoms with van der Waals surface area (Å²) in [7, 11) is -1.74. The van der Waals surface area contributed by atoms with E-state index in [1.165, 1.54) is 0 Å². The molecular weight excluding hydrogens is 289 g/mol. The van der Waals surface area contributed by atoms with Crippen molar-refractivity contribution in [1.29, 1.82) is 0 Å². The topological polar surface area (TPSA) is 77.8 Å². The van der Waals surface area contributed by atoms with Crippen molar-refractivity contribution in [3.63, 3.8) is 0 Å². The number of carbonyl (C=O) groups is 1. The molecule has 4 nitrogen and oxygen atoms in total. The van der Waals surface area contributed by atoms with Gasteiger partial charge in [0.1, 0.15) is 0 Å². The summed E-state index contributed by atoms with van der Waals surface area (Å²) in [6.07, 6.45) is 1.88. The Balaban J connectivity index is -0.0000000833. The molecule has 1 atom stereocenters. The maximum Gasteiger partial charge on any atom is 0.466 e. The fourth-order valence-corrected chi connectivity index (χ4v) is 0.824. The van der Waals surface area contributed by atoms with Gasteiger partial charge < -0.3 is 15.2 Å². The average molecular weight is 306 g/mol. The van der Waals surface area contributed by atoms with Gasteiger partial charge in [-0.05, 0) is 6.42 Å². The maximum atomic E-state index is 10.3. The van der Waals surface area contributed by atoms with E-state index in [1.807, 2.05) is 6.92 Å². The lowest BCUT2D eigenvalue weighted by atomic mass is 9.70. The fourth-order valence-electron chi connectivity index (χ4n) is 0.824. The summed E-state index contributed by atoms with van der Waals surface area (Å²) in [6.45, 7) is 1.92. The van der Waals surface area contributed by atoms with Crippen LogP contribution in [0, 0.1) is 0 Å². The zero-order valence-corrected chi connectivity index (χ0v) is 11.4. The van der Waals surface area contributed by atoms with Crippen LogP contribution in [0.4, 0.5) is 0 Å². The van der Waals surface area contributed by atoms with Crippen LogP contribution in [0.5, 0.6) is 0 Å². The summed E-state index contributed by atoms with van der Waals surface area (Å²) in [5, 5.41) is 25.6. The van der Waals surface area contributed by atoms with E-state index in [2.05, 4.69) is 0 Å². The number of hydrogen-bond acceptors (Lipinski definition) is 3. The van der Waals surface area contributed by atoms with Gasteiger partial charge >= 0.3 is 13.1 Å². The van der Waals surface area contributed by atoms with Crippen LogP contribution in [-0.4, -0.2) is 28.2 Å². The zero-order chi connectivity index (χ0) is 8.85. The lowest BCUT2D eigenvalue weighted by Gasteiger charge is -2.08. The number of aliphatic carboxylic acids is 1. The Kier molecular flexibility index (Phi) is 33.6. The lowest BCUT2D eigenvalue weighted by Crippen LogP contribution is -2.26. The van der Waals surface area contributed by atoms with E-state index >= 15 is 0 Å². The summed E-state index contributed by atoms with van der Waals surface area (Å²) >= 11 is 0. The zero-order valence-electron chi connectivity index (χ0n) is 8.16. The van der Waals surface area contributed by atoms with Gasteiger partial charge in [0.15, 0.2) is 0 Å². The van der Waals surface area contributed by atoms with Gasteiger partial charge in [-0.15, -0.1) is 49.6 Å². The third-order valence-corrected chi connectivity index (χ3v) is 1.55. The van der Waals surface area contributed by atoms with Crippen molar-refractivity contribution in [3.05, 3.63) is 0 Å². The first-order valence-electron chi connectivity index (χ1n) is 3.68. The number of carboxylic acids is 1. The second-order valence-corrected chi connectivity index (χ2v) is 2.50. The molecule has 0 amide bonds. The van der Waals surface area contributed by atoms with Crippen LogP contribution < -0.4 is 0 Å². The second-order valence-electron chi connectivity index (χ2n) is 2.50. The molecule has 0 fully saturated rings. The molecule has 0 heterocycles. The summed E-state index contributed by atoms with van der Waals surface area (Å²) in [5.74, 6) is -2.18. The molecule has 15 heavy (non-hydrogen) atoms. The molecule has 0 aromatic rings. The molecule has 0 aromatic carbocycles. The minimum absolute atomic E-state index is 0. The first kappa shape index (κ1) is 29.6. The van der Waals surface area contributed by atoms with E-state index in [9.17, 15) is 4.79 Å². The highest BCUT2D eigenvalue weighted by Crippen LogP contribution is 2.15. The van der Waals surface area contributed by atoms with Crippen molar-refractivity contribution in [3.8, 4) is 0 Å². The Hall–Kier alpha value is 0.615. The number of rotatable bonds is 5. The Morgan fingerprint density at radius 2 is 1.60 bits per heavy atom. The van der Waals surface area contributed by atoms with Crippen molar-refractivity contribution in [2.75, 3.05) is 0 Å². The Morgan fingerprint density at radius 3 is 1.80 bits per heavy atom. The molecule has 0 radical (unpaired) electrons. The first-order chi connectivity index (χ1) is 5.09. The quantitative estimate of drug-likeness (QED) is 0.677. The van der Waals surface area contributed by atoms with Crippen molar-refractivity contribution in [2.45, 2.75) is 32.0 Å². The van der Waals surface area contributed by atoms with Gasteiger partial charge in [0.25, 0.3) is 0 Å². The molecule has 3 N–H and O–H groups in total. The molecule has 9 heteroatoms. The van der Waals surface area contributed by atoms with E-state index < -0.39 is 18.9 Å². The second kappa shape index (κ2) is 17.0. The van der Waals surface area contributed by atoms with Crippen LogP contribution in [0.1, 0.15) is 26.2 Å². The molecule has 96 valence electrons. The molecule has 0 bridgehead atoms. The summed E-state index contributed by atoms with van der Waals surface area (Å²) in [4.78, 5) is 10.3. The minimum atomic E-state index is -1.74. The number of unbranched alkanes of at least 4 members (excludes halogenated alkanes) is 1. The van der Waals surface area contributed by atoms with Gasteiger partial charge in [-0.25, -0.2) is 0 Å². The van der Waals surface area contributed by atoms with Crippen LogP contribution >= 0.6 is 49.6 Å². The largest absolute Gasteiger partial charge is 0.481 e. The van der Waals surface area contributed by atoms with Gasteiger partial charge in [-0.3, -0.25) is 4.79 Å². The number of carboxylic acid groups (broad SMARTS) is 1. The average Bonchev–Trinajstić information content (AvgIpc) is 1.87. The summed E-state index contributed by atoms with van der Waals surface area (Å²) < 4.78 is 0. The normalized spacial score (nSPS) is 9.27. The smallest absolute Gasteiger partial charge is 0.466 e. The highest BCUT2D eigenvalue weighted by atomic mass is 35.5. The molecule has 1 unspecified atom stereocenters. The highest BCUT2D eigenvalue weighted by Gasteiger charge is 2.29. The molecular formula is C6H17BCl4O4. The predicted octanol–water partition coefficient (Wildman–Crippen LogP) is 1.79. The van der Waals surface area contributed by atoms with Crippen molar-refractivity contribution < 1.29 is 19.9 Å². The number of halogens is 4. The van der Waals surface area contributed by atoms with Gasteiger partial charge in [0.05, 0.1) is 5.82 Å². The predicted molar refractivity (Wildman–Crippen MR) is 70.1 cm³/mol. The molecule has 0 saturated heterocycles. The Morgan fingerprint density at radius 1 is 1.20 bits per heavy atom. The van der Waals surface area contributed by atoms with E-state index in [1.54, 1.807) is 0 Å². The van der Waals surface area contributed by atoms with E-state index in [4.69, 9.17) is 15.2 Å².